The number of ketones is 1. The second-order valence-corrected chi connectivity index (χ2v) is 4.80. The molecule has 3 heteroatoms. The van der Waals surface area contributed by atoms with Crippen LogP contribution in [-0.2, 0) is 11.2 Å². The van der Waals surface area contributed by atoms with Gasteiger partial charge in [0.2, 0.25) is 0 Å². The summed E-state index contributed by atoms with van der Waals surface area (Å²) < 4.78 is 5.06. The highest BCUT2D eigenvalue weighted by Gasteiger charge is 2.08. The van der Waals surface area contributed by atoms with Gasteiger partial charge in [0.05, 0.1) is 11.9 Å². The van der Waals surface area contributed by atoms with E-state index in [0.29, 0.717) is 6.42 Å². The Hall–Kier alpha value is -0.830. The summed E-state index contributed by atoms with van der Waals surface area (Å²) in [5, 5.41) is 0. The van der Waals surface area contributed by atoms with Gasteiger partial charge in [0, 0.05) is 6.42 Å². The van der Waals surface area contributed by atoms with Gasteiger partial charge in [-0.15, -0.1) is 0 Å². The molecule has 2 nitrogen and oxygen atoms in total. The minimum atomic E-state index is -0.0456. The molecule has 0 aliphatic heterocycles. The second kappa shape index (κ2) is 5.91. The Bertz CT molecular complexity index is 317. The van der Waals surface area contributed by atoms with Crippen LogP contribution in [0, 0.1) is 0 Å². The fourth-order valence-corrected chi connectivity index (χ4v) is 1.49. The Labute approximate surface area is 98.8 Å². The zero-order valence-electron chi connectivity index (χ0n) is 9.00. The number of methoxy groups -OCH3 is 1. The van der Waals surface area contributed by atoms with Crippen molar-refractivity contribution >= 4 is 21.7 Å². The molecule has 1 rings (SSSR count). The fraction of sp³-hybridized carbons (Fsp3) is 0.417. The maximum absolute atomic E-state index is 11.4. The predicted octanol–water partition coefficient (Wildman–Crippen LogP) is 2.98. The van der Waals surface area contributed by atoms with E-state index >= 15 is 0 Å². The van der Waals surface area contributed by atoms with E-state index in [2.05, 4.69) is 15.9 Å². The van der Waals surface area contributed by atoms with Gasteiger partial charge in [-0.2, -0.15) is 0 Å². The van der Waals surface area contributed by atoms with Crippen LogP contribution >= 0.6 is 15.9 Å². The Kier molecular flexibility index (Phi) is 4.82. The van der Waals surface area contributed by atoms with Gasteiger partial charge in [-0.3, -0.25) is 4.79 Å². The van der Waals surface area contributed by atoms with Crippen molar-refractivity contribution in [3.63, 3.8) is 0 Å². The number of rotatable bonds is 5. The molecule has 0 N–H and O–H groups in total. The van der Waals surface area contributed by atoms with E-state index in [1.165, 1.54) is 0 Å². The van der Waals surface area contributed by atoms with Crippen LogP contribution in [-0.4, -0.2) is 17.7 Å². The minimum Gasteiger partial charge on any atom is -0.497 e. The standard InChI is InChI=1S/C12H15BrO2/c1-9(13)12(14)8-5-10-3-6-11(15-2)7-4-10/h3-4,6-7,9H,5,8H2,1-2H3. The molecule has 1 aromatic carbocycles. The number of carbonyl (C=O) groups is 1. The van der Waals surface area contributed by atoms with Crippen molar-refractivity contribution in [2.45, 2.75) is 24.6 Å². The molecule has 15 heavy (non-hydrogen) atoms. The molecule has 0 radical (unpaired) electrons. The van der Waals surface area contributed by atoms with Crippen LogP contribution in [0.25, 0.3) is 0 Å². The fourth-order valence-electron chi connectivity index (χ4n) is 1.26. The lowest BCUT2D eigenvalue weighted by Gasteiger charge is -2.04. The number of benzene rings is 1. The van der Waals surface area contributed by atoms with E-state index in [1.54, 1.807) is 7.11 Å². The first-order valence-electron chi connectivity index (χ1n) is 4.93. The Morgan fingerprint density at radius 1 is 1.40 bits per heavy atom. The van der Waals surface area contributed by atoms with Gasteiger partial charge in [0.15, 0.2) is 0 Å². The number of Topliss-reactive ketones (excluding diaryl/α,β-unsaturated/α-hetero) is 1. The van der Waals surface area contributed by atoms with Crippen molar-refractivity contribution in [3.05, 3.63) is 29.8 Å². The lowest BCUT2D eigenvalue weighted by Crippen LogP contribution is -2.10. The number of halogens is 1. The monoisotopic (exact) mass is 270 g/mol. The first-order valence-corrected chi connectivity index (χ1v) is 5.84. The summed E-state index contributed by atoms with van der Waals surface area (Å²) in [6.07, 6.45) is 1.37. The van der Waals surface area contributed by atoms with Crippen LogP contribution in [0.1, 0.15) is 18.9 Å². The summed E-state index contributed by atoms with van der Waals surface area (Å²) in [5.41, 5.74) is 1.16. The number of alkyl halides is 1. The topological polar surface area (TPSA) is 26.3 Å². The smallest absolute Gasteiger partial charge is 0.146 e. The van der Waals surface area contributed by atoms with Crippen molar-refractivity contribution in [2.75, 3.05) is 7.11 Å². The highest BCUT2D eigenvalue weighted by molar-refractivity contribution is 9.10. The zero-order valence-corrected chi connectivity index (χ0v) is 10.6. The number of carbonyl (C=O) groups excluding carboxylic acids is 1. The van der Waals surface area contributed by atoms with E-state index in [-0.39, 0.29) is 10.6 Å². The molecule has 0 bridgehead atoms. The molecule has 0 saturated carbocycles. The number of aryl methyl sites for hydroxylation is 1. The SMILES string of the molecule is COc1ccc(CCC(=O)C(C)Br)cc1. The minimum absolute atomic E-state index is 0.0456. The van der Waals surface area contributed by atoms with E-state index < -0.39 is 0 Å². The summed E-state index contributed by atoms with van der Waals surface area (Å²) in [7, 11) is 1.64. The second-order valence-electron chi connectivity index (χ2n) is 3.43. The third-order valence-electron chi connectivity index (χ3n) is 2.26. The first kappa shape index (κ1) is 12.2. The highest BCUT2D eigenvalue weighted by Crippen LogP contribution is 2.13. The van der Waals surface area contributed by atoms with Crippen LogP contribution in [0.5, 0.6) is 5.75 Å². The molecule has 0 spiro atoms. The van der Waals surface area contributed by atoms with E-state index in [4.69, 9.17) is 4.74 Å². The number of hydrogen-bond donors (Lipinski definition) is 0. The van der Waals surface area contributed by atoms with Crippen molar-refractivity contribution in [3.8, 4) is 5.75 Å². The van der Waals surface area contributed by atoms with Crippen molar-refractivity contribution < 1.29 is 9.53 Å². The molecule has 1 atom stereocenters. The summed E-state index contributed by atoms with van der Waals surface area (Å²) in [6, 6.07) is 7.81. The van der Waals surface area contributed by atoms with Crippen molar-refractivity contribution in [1.82, 2.24) is 0 Å². The van der Waals surface area contributed by atoms with Gasteiger partial charge < -0.3 is 4.74 Å². The van der Waals surface area contributed by atoms with Crippen molar-refractivity contribution in [2.24, 2.45) is 0 Å². The summed E-state index contributed by atoms with van der Waals surface area (Å²) in [5.74, 6) is 1.09. The maximum Gasteiger partial charge on any atom is 0.146 e. The van der Waals surface area contributed by atoms with Crippen LogP contribution in [0.3, 0.4) is 0 Å². The molecule has 0 amide bonds. The molecule has 1 aromatic rings. The third kappa shape index (κ3) is 4.04. The van der Waals surface area contributed by atoms with Crippen LogP contribution < -0.4 is 4.74 Å². The summed E-state index contributed by atoms with van der Waals surface area (Å²) in [6.45, 7) is 1.86. The Balaban J connectivity index is 2.47. The molecule has 0 aliphatic carbocycles. The molecule has 82 valence electrons. The molecule has 0 saturated heterocycles. The molecule has 1 unspecified atom stereocenters. The van der Waals surface area contributed by atoms with Crippen LogP contribution in [0.2, 0.25) is 0 Å². The van der Waals surface area contributed by atoms with E-state index in [9.17, 15) is 4.79 Å². The zero-order chi connectivity index (χ0) is 11.3. The molecular formula is C12H15BrO2. The van der Waals surface area contributed by atoms with E-state index in [1.807, 2.05) is 31.2 Å². The molecule has 0 aromatic heterocycles. The normalized spacial score (nSPS) is 12.2. The van der Waals surface area contributed by atoms with Crippen LogP contribution in [0.4, 0.5) is 0 Å². The van der Waals surface area contributed by atoms with Gasteiger partial charge in [0.1, 0.15) is 11.5 Å². The summed E-state index contributed by atoms with van der Waals surface area (Å²) >= 11 is 3.27. The largest absolute Gasteiger partial charge is 0.497 e. The van der Waals surface area contributed by atoms with Crippen molar-refractivity contribution in [1.29, 1.82) is 0 Å². The van der Waals surface area contributed by atoms with Gasteiger partial charge in [-0.05, 0) is 31.0 Å². The number of ether oxygens (including phenoxy) is 1. The Morgan fingerprint density at radius 2 is 2.00 bits per heavy atom. The first-order chi connectivity index (χ1) is 7.13. The summed E-state index contributed by atoms with van der Waals surface area (Å²) in [4.78, 5) is 11.3. The van der Waals surface area contributed by atoms with Gasteiger partial charge >= 0.3 is 0 Å². The Morgan fingerprint density at radius 3 is 2.47 bits per heavy atom. The van der Waals surface area contributed by atoms with Crippen LogP contribution in [0.15, 0.2) is 24.3 Å². The lowest BCUT2D eigenvalue weighted by molar-refractivity contribution is -0.118. The quantitative estimate of drug-likeness (QED) is 0.769. The molecule has 0 aliphatic rings. The van der Waals surface area contributed by atoms with Gasteiger partial charge in [-0.1, -0.05) is 28.1 Å². The van der Waals surface area contributed by atoms with Gasteiger partial charge in [-0.25, -0.2) is 0 Å². The molecule has 0 heterocycles. The average Bonchev–Trinajstić information content (AvgIpc) is 2.26. The average molecular weight is 271 g/mol. The van der Waals surface area contributed by atoms with E-state index in [0.717, 1.165) is 17.7 Å². The van der Waals surface area contributed by atoms with Gasteiger partial charge in [0.25, 0.3) is 0 Å². The highest BCUT2D eigenvalue weighted by atomic mass is 79.9. The lowest BCUT2D eigenvalue weighted by atomic mass is 10.1. The molecule has 0 fully saturated rings. The molecular weight excluding hydrogens is 256 g/mol. The predicted molar refractivity (Wildman–Crippen MR) is 64.7 cm³/mol. The number of hydrogen-bond acceptors (Lipinski definition) is 2. The maximum atomic E-state index is 11.4. The third-order valence-corrected chi connectivity index (χ3v) is 2.77.